The molecule has 3 aliphatic heterocycles. The molecule has 0 aromatic carbocycles. The molecule has 3 fully saturated rings. The summed E-state index contributed by atoms with van der Waals surface area (Å²) in [4.78, 5) is 14.1. The summed E-state index contributed by atoms with van der Waals surface area (Å²) in [5, 5.41) is 3.51. The van der Waals surface area contributed by atoms with Crippen molar-refractivity contribution < 1.29 is 0 Å². The first-order chi connectivity index (χ1) is 10.4. The van der Waals surface area contributed by atoms with Gasteiger partial charge in [0.05, 0.1) is 0 Å². The molecule has 1 aromatic rings. The van der Waals surface area contributed by atoms with Crippen molar-refractivity contribution in [2.75, 3.05) is 37.6 Å². The van der Waals surface area contributed by atoms with Crippen molar-refractivity contribution in [2.45, 2.75) is 38.3 Å². The molecule has 7 heteroatoms. The second-order valence-electron chi connectivity index (χ2n) is 6.68. The van der Waals surface area contributed by atoms with Gasteiger partial charge in [-0.2, -0.15) is 0 Å². The van der Waals surface area contributed by atoms with Crippen LogP contribution in [-0.2, 0) is 6.54 Å². The van der Waals surface area contributed by atoms with E-state index in [9.17, 15) is 0 Å². The number of fused-ring (bicyclic) bond motifs is 1. The summed E-state index contributed by atoms with van der Waals surface area (Å²) in [5.74, 6) is 1.78. The first-order valence-electron chi connectivity index (χ1n) is 8.41. The van der Waals surface area contributed by atoms with Gasteiger partial charge in [0.1, 0.15) is 0 Å². The molecule has 0 aliphatic carbocycles. The van der Waals surface area contributed by atoms with E-state index >= 15 is 0 Å². The molecule has 23 heavy (non-hydrogen) atoms. The normalized spacial score (nSPS) is 27.2. The van der Waals surface area contributed by atoms with E-state index in [1.165, 1.54) is 44.3 Å². The highest BCUT2D eigenvalue weighted by Crippen LogP contribution is 2.28. The topological polar surface area (TPSA) is 44.3 Å². The Hall–Kier alpha value is -0.620. The van der Waals surface area contributed by atoms with E-state index in [0.717, 1.165) is 44.1 Å². The number of hydrogen-bond donors (Lipinski definition) is 1. The van der Waals surface area contributed by atoms with Gasteiger partial charge >= 0.3 is 0 Å². The summed E-state index contributed by atoms with van der Waals surface area (Å²) in [6, 6.07) is 0.728. The summed E-state index contributed by atoms with van der Waals surface area (Å²) >= 11 is 0. The van der Waals surface area contributed by atoms with Crippen LogP contribution in [-0.4, -0.2) is 53.6 Å². The van der Waals surface area contributed by atoms with E-state index in [4.69, 9.17) is 0 Å². The van der Waals surface area contributed by atoms with Gasteiger partial charge in [0.2, 0.25) is 5.95 Å². The summed E-state index contributed by atoms with van der Waals surface area (Å²) in [6.45, 7) is 6.80. The van der Waals surface area contributed by atoms with Gasteiger partial charge in [0.25, 0.3) is 0 Å². The zero-order chi connectivity index (χ0) is 14.1. The number of aromatic nitrogens is 2. The highest BCUT2D eigenvalue weighted by molar-refractivity contribution is 5.85. The maximum Gasteiger partial charge on any atom is 0.225 e. The highest BCUT2D eigenvalue weighted by Gasteiger charge is 2.37. The molecule has 0 radical (unpaired) electrons. The van der Waals surface area contributed by atoms with Gasteiger partial charge < -0.3 is 10.2 Å². The minimum absolute atomic E-state index is 0. The van der Waals surface area contributed by atoms with Gasteiger partial charge in [-0.05, 0) is 44.7 Å². The monoisotopic (exact) mass is 359 g/mol. The Labute approximate surface area is 151 Å². The predicted molar refractivity (Wildman–Crippen MR) is 97.8 cm³/mol. The molecule has 3 saturated heterocycles. The zero-order valence-corrected chi connectivity index (χ0v) is 15.1. The van der Waals surface area contributed by atoms with E-state index in [-0.39, 0.29) is 24.8 Å². The van der Waals surface area contributed by atoms with Crippen molar-refractivity contribution in [3.63, 3.8) is 0 Å². The van der Waals surface area contributed by atoms with Gasteiger partial charge in [-0.15, -0.1) is 24.8 Å². The second-order valence-corrected chi connectivity index (χ2v) is 6.68. The average molecular weight is 360 g/mol. The fraction of sp³-hybridized carbons (Fsp3) is 0.750. The number of rotatable bonds is 3. The average Bonchev–Trinajstić information content (AvgIpc) is 3.14. The maximum atomic E-state index is 4.60. The Morgan fingerprint density at radius 3 is 2.48 bits per heavy atom. The summed E-state index contributed by atoms with van der Waals surface area (Å²) < 4.78 is 0. The summed E-state index contributed by atoms with van der Waals surface area (Å²) in [6.07, 6.45) is 9.30. The van der Waals surface area contributed by atoms with Crippen LogP contribution in [0.3, 0.4) is 0 Å². The third-order valence-corrected chi connectivity index (χ3v) is 5.28. The van der Waals surface area contributed by atoms with Gasteiger partial charge in [0.15, 0.2) is 0 Å². The number of nitrogens with one attached hydrogen (secondary N) is 1. The van der Waals surface area contributed by atoms with E-state index in [1.807, 2.05) is 12.4 Å². The number of likely N-dealkylation sites (tertiary alicyclic amines) is 1. The van der Waals surface area contributed by atoms with Gasteiger partial charge in [0, 0.05) is 50.2 Å². The molecule has 3 aliphatic rings. The van der Waals surface area contributed by atoms with E-state index in [1.54, 1.807) is 0 Å². The Bertz CT molecular complexity index is 478. The standard InChI is InChI=1S/C16H25N5.2ClH/c1-2-5-20(6-3-1)16-18-8-13(9-19-16)12-21-7-4-14-10-17-11-15(14)21;;/h8-9,14-15,17H,1-7,10-12H2;2*1H/t14-,15+;;/m0../s1. The molecule has 4 heterocycles. The SMILES string of the molecule is Cl.Cl.c1nc(N2CCCCC2)ncc1CN1CC[C@H]2CNC[C@H]21. The fourth-order valence-electron chi connectivity index (χ4n) is 4.06. The lowest BCUT2D eigenvalue weighted by atomic mass is 10.1. The minimum atomic E-state index is 0. The van der Waals surface area contributed by atoms with Crippen LogP contribution in [0.5, 0.6) is 0 Å². The number of halogens is 2. The molecule has 5 nitrogen and oxygen atoms in total. The largest absolute Gasteiger partial charge is 0.341 e. The Balaban J connectivity index is 0.000000960. The van der Waals surface area contributed by atoms with Crippen LogP contribution in [0.1, 0.15) is 31.2 Å². The van der Waals surface area contributed by atoms with Crippen LogP contribution in [0, 0.1) is 5.92 Å². The molecule has 1 N–H and O–H groups in total. The second kappa shape index (κ2) is 8.47. The molecular formula is C16H27Cl2N5. The first-order valence-corrected chi connectivity index (χ1v) is 8.41. The summed E-state index contributed by atoms with van der Waals surface area (Å²) in [5.41, 5.74) is 1.25. The van der Waals surface area contributed by atoms with Crippen LogP contribution < -0.4 is 10.2 Å². The van der Waals surface area contributed by atoms with Crippen molar-refractivity contribution >= 4 is 30.8 Å². The van der Waals surface area contributed by atoms with Crippen molar-refractivity contribution in [3.8, 4) is 0 Å². The van der Waals surface area contributed by atoms with Gasteiger partial charge in [-0.1, -0.05) is 0 Å². The van der Waals surface area contributed by atoms with Crippen molar-refractivity contribution in [1.29, 1.82) is 0 Å². The molecule has 0 amide bonds. The van der Waals surface area contributed by atoms with Crippen LogP contribution in [0.25, 0.3) is 0 Å². The van der Waals surface area contributed by atoms with Crippen LogP contribution in [0.4, 0.5) is 5.95 Å². The third kappa shape index (κ3) is 4.08. The minimum Gasteiger partial charge on any atom is -0.341 e. The number of nitrogens with zero attached hydrogens (tertiary/aromatic N) is 4. The lowest BCUT2D eigenvalue weighted by molar-refractivity contribution is 0.243. The van der Waals surface area contributed by atoms with Crippen LogP contribution in [0.15, 0.2) is 12.4 Å². The highest BCUT2D eigenvalue weighted by atomic mass is 35.5. The molecule has 2 atom stereocenters. The van der Waals surface area contributed by atoms with Crippen molar-refractivity contribution in [3.05, 3.63) is 18.0 Å². The smallest absolute Gasteiger partial charge is 0.225 e. The zero-order valence-electron chi connectivity index (χ0n) is 13.5. The predicted octanol–water partition coefficient (Wildman–Crippen LogP) is 2.10. The molecule has 0 unspecified atom stereocenters. The van der Waals surface area contributed by atoms with Crippen LogP contribution >= 0.6 is 24.8 Å². The third-order valence-electron chi connectivity index (χ3n) is 5.28. The molecule has 0 saturated carbocycles. The number of piperidine rings is 1. The van der Waals surface area contributed by atoms with Crippen molar-refractivity contribution in [2.24, 2.45) is 5.92 Å². The number of anilines is 1. The molecule has 1 aromatic heterocycles. The lowest BCUT2D eigenvalue weighted by Crippen LogP contribution is -2.34. The molecule has 0 spiro atoms. The first kappa shape index (κ1) is 18.7. The Morgan fingerprint density at radius 2 is 1.74 bits per heavy atom. The molecule has 4 rings (SSSR count). The lowest BCUT2D eigenvalue weighted by Gasteiger charge is -2.27. The van der Waals surface area contributed by atoms with E-state index < -0.39 is 0 Å². The quantitative estimate of drug-likeness (QED) is 0.895. The Morgan fingerprint density at radius 1 is 1.00 bits per heavy atom. The van der Waals surface area contributed by atoms with E-state index in [0.29, 0.717) is 0 Å². The van der Waals surface area contributed by atoms with Gasteiger partial charge in [-0.25, -0.2) is 9.97 Å². The van der Waals surface area contributed by atoms with E-state index in [2.05, 4.69) is 25.1 Å². The van der Waals surface area contributed by atoms with Crippen molar-refractivity contribution in [1.82, 2.24) is 20.2 Å². The van der Waals surface area contributed by atoms with Gasteiger partial charge in [-0.3, -0.25) is 4.90 Å². The van der Waals surface area contributed by atoms with Crippen LogP contribution in [0.2, 0.25) is 0 Å². The fourth-order valence-corrected chi connectivity index (χ4v) is 4.06. The molecule has 0 bridgehead atoms. The maximum absolute atomic E-state index is 4.60. The summed E-state index contributed by atoms with van der Waals surface area (Å²) in [7, 11) is 0. The Kier molecular flexibility index (Phi) is 6.89. The molecule has 130 valence electrons. The number of hydrogen-bond acceptors (Lipinski definition) is 5. The molecular weight excluding hydrogens is 333 g/mol.